The predicted molar refractivity (Wildman–Crippen MR) is 138 cm³/mol. The van der Waals surface area contributed by atoms with E-state index in [0.29, 0.717) is 50.1 Å². The summed E-state index contributed by atoms with van der Waals surface area (Å²) < 4.78 is 5.21. The van der Waals surface area contributed by atoms with Crippen molar-refractivity contribution >= 4 is 29.3 Å². The molecule has 2 aliphatic rings. The van der Waals surface area contributed by atoms with E-state index in [1.54, 1.807) is 30.0 Å². The summed E-state index contributed by atoms with van der Waals surface area (Å²) >= 11 is 0. The van der Waals surface area contributed by atoms with Gasteiger partial charge in [-0.1, -0.05) is 24.3 Å². The van der Waals surface area contributed by atoms with Gasteiger partial charge in [0.2, 0.25) is 5.91 Å². The van der Waals surface area contributed by atoms with Crippen LogP contribution in [0.25, 0.3) is 0 Å². The number of hydrogen-bond donors (Lipinski definition) is 2. The number of aryl methyl sites for hydroxylation is 2. The zero-order chi connectivity index (χ0) is 25.7. The standard InChI is InChI=1S/C28H34N4O4/c1-2-36-28(35)24-7-3-4-16-32(24)27(34)22-13-14-23-21(18-22)6-5-17-31(23)25(33)15-10-19-8-11-20(12-9-19)26(29)30/h8-9,11-14,18,24H,2-7,10,15-17H2,1H3,(H3,29,30). The maximum atomic E-state index is 13.4. The van der Waals surface area contributed by atoms with Crippen LogP contribution in [0.1, 0.15) is 66.1 Å². The van der Waals surface area contributed by atoms with Crippen molar-refractivity contribution in [3.05, 3.63) is 64.7 Å². The Morgan fingerprint density at radius 2 is 1.78 bits per heavy atom. The lowest BCUT2D eigenvalue weighted by atomic mass is 9.96. The quantitative estimate of drug-likeness (QED) is 0.350. The van der Waals surface area contributed by atoms with Gasteiger partial charge in [-0.15, -0.1) is 0 Å². The van der Waals surface area contributed by atoms with Crippen LogP contribution in [0.3, 0.4) is 0 Å². The van der Waals surface area contributed by atoms with Crippen LogP contribution in [-0.2, 0) is 27.2 Å². The van der Waals surface area contributed by atoms with Crippen molar-refractivity contribution in [1.82, 2.24) is 4.90 Å². The molecule has 3 N–H and O–H groups in total. The number of nitrogen functional groups attached to an aromatic ring is 1. The Labute approximate surface area is 211 Å². The lowest BCUT2D eigenvalue weighted by Crippen LogP contribution is -2.48. The molecule has 1 saturated heterocycles. The molecule has 0 spiro atoms. The second-order valence-electron chi connectivity index (χ2n) is 9.37. The number of ether oxygens (including phenoxy) is 1. The Morgan fingerprint density at radius 3 is 2.50 bits per heavy atom. The van der Waals surface area contributed by atoms with Crippen LogP contribution in [0.15, 0.2) is 42.5 Å². The first-order chi connectivity index (χ1) is 17.4. The van der Waals surface area contributed by atoms with Crippen molar-refractivity contribution in [2.45, 2.75) is 57.9 Å². The smallest absolute Gasteiger partial charge is 0.328 e. The Bertz CT molecular complexity index is 1140. The topological polar surface area (TPSA) is 117 Å². The second-order valence-corrected chi connectivity index (χ2v) is 9.37. The fraction of sp³-hybridized carbons (Fsp3) is 0.429. The molecular weight excluding hydrogens is 456 g/mol. The second kappa shape index (κ2) is 11.4. The molecule has 0 aliphatic carbocycles. The van der Waals surface area contributed by atoms with Gasteiger partial charge < -0.3 is 20.3 Å². The maximum absolute atomic E-state index is 13.4. The van der Waals surface area contributed by atoms with Gasteiger partial charge in [-0.2, -0.15) is 0 Å². The van der Waals surface area contributed by atoms with Gasteiger partial charge in [0.25, 0.3) is 5.91 Å². The zero-order valence-electron chi connectivity index (χ0n) is 20.8. The lowest BCUT2D eigenvalue weighted by molar-refractivity contribution is -0.149. The molecule has 2 amide bonds. The van der Waals surface area contributed by atoms with Crippen LogP contribution in [-0.4, -0.2) is 54.3 Å². The number of amidine groups is 1. The molecule has 2 aromatic carbocycles. The van der Waals surface area contributed by atoms with E-state index in [1.165, 1.54) is 0 Å². The van der Waals surface area contributed by atoms with Crippen LogP contribution in [0.2, 0.25) is 0 Å². The van der Waals surface area contributed by atoms with Crippen LogP contribution in [0, 0.1) is 5.41 Å². The van der Waals surface area contributed by atoms with Crippen molar-refractivity contribution in [2.24, 2.45) is 5.73 Å². The number of nitrogens with one attached hydrogen (secondary N) is 1. The van der Waals surface area contributed by atoms with E-state index < -0.39 is 6.04 Å². The molecule has 36 heavy (non-hydrogen) atoms. The minimum atomic E-state index is -0.537. The fourth-order valence-electron chi connectivity index (χ4n) is 5.05. The molecule has 0 saturated carbocycles. The molecule has 8 nitrogen and oxygen atoms in total. The van der Waals surface area contributed by atoms with E-state index in [-0.39, 0.29) is 23.6 Å². The molecule has 190 valence electrons. The van der Waals surface area contributed by atoms with E-state index in [0.717, 1.165) is 42.5 Å². The first kappa shape index (κ1) is 25.4. The van der Waals surface area contributed by atoms with Gasteiger partial charge in [-0.05, 0) is 74.8 Å². The van der Waals surface area contributed by atoms with Crippen molar-refractivity contribution in [3.8, 4) is 0 Å². The number of carbonyl (C=O) groups excluding carboxylic acids is 3. The van der Waals surface area contributed by atoms with Crippen LogP contribution < -0.4 is 10.6 Å². The number of piperidine rings is 1. The van der Waals surface area contributed by atoms with Gasteiger partial charge in [0.15, 0.2) is 0 Å². The highest BCUT2D eigenvalue weighted by Crippen LogP contribution is 2.30. The summed E-state index contributed by atoms with van der Waals surface area (Å²) in [5.41, 5.74) is 9.58. The van der Waals surface area contributed by atoms with Gasteiger partial charge >= 0.3 is 5.97 Å². The summed E-state index contributed by atoms with van der Waals surface area (Å²) in [5.74, 6) is -0.426. The third kappa shape index (κ3) is 5.58. The highest BCUT2D eigenvalue weighted by atomic mass is 16.5. The number of nitrogens with two attached hydrogens (primary N) is 1. The molecule has 2 aromatic rings. The third-order valence-corrected chi connectivity index (χ3v) is 6.96. The summed E-state index contributed by atoms with van der Waals surface area (Å²) in [4.78, 5) is 42.4. The highest BCUT2D eigenvalue weighted by molar-refractivity contribution is 5.99. The van der Waals surface area contributed by atoms with E-state index in [9.17, 15) is 14.4 Å². The fourth-order valence-corrected chi connectivity index (χ4v) is 5.05. The van der Waals surface area contributed by atoms with Crippen molar-refractivity contribution in [1.29, 1.82) is 5.41 Å². The van der Waals surface area contributed by atoms with E-state index in [2.05, 4.69) is 0 Å². The van der Waals surface area contributed by atoms with E-state index in [1.807, 2.05) is 29.2 Å². The molecule has 1 unspecified atom stereocenters. The van der Waals surface area contributed by atoms with Gasteiger partial charge in [-0.3, -0.25) is 15.0 Å². The summed E-state index contributed by atoms with van der Waals surface area (Å²) in [6.45, 7) is 3.26. The van der Waals surface area contributed by atoms with Gasteiger partial charge in [-0.25, -0.2) is 4.79 Å². The number of nitrogens with zero attached hydrogens (tertiary/aromatic N) is 2. The van der Waals surface area contributed by atoms with Crippen LogP contribution >= 0.6 is 0 Å². The molecule has 2 aliphatic heterocycles. The SMILES string of the molecule is CCOC(=O)C1CCCCN1C(=O)c1ccc2c(c1)CCCN2C(=O)CCc1ccc(C(=N)N)cc1. The molecule has 8 heteroatoms. The monoisotopic (exact) mass is 490 g/mol. The lowest BCUT2D eigenvalue weighted by Gasteiger charge is -2.34. The normalized spacial score (nSPS) is 17.3. The highest BCUT2D eigenvalue weighted by Gasteiger charge is 2.34. The number of anilines is 1. The van der Waals surface area contributed by atoms with Gasteiger partial charge in [0, 0.05) is 36.3 Å². The number of esters is 1. The van der Waals surface area contributed by atoms with Crippen molar-refractivity contribution < 1.29 is 19.1 Å². The molecular formula is C28H34N4O4. The first-order valence-electron chi connectivity index (χ1n) is 12.7. The van der Waals surface area contributed by atoms with Crippen molar-refractivity contribution in [3.63, 3.8) is 0 Å². The molecule has 2 heterocycles. The number of hydrogen-bond acceptors (Lipinski definition) is 5. The molecule has 0 radical (unpaired) electrons. The summed E-state index contributed by atoms with van der Waals surface area (Å²) in [6, 6.07) is 12.4. The minimum Gasteiger partial charge on any atom is -0.464 e. The first-order valence-corrected chi connectivity index (χ1v) is 12.7. The molecule has 1 atom stereocenters. The van der Waals surface area contributed by atoms with E-state index >= 15 is 0 Å². The Morgan fingerprint density at radius 1 is 1.03 bits per heavy atom. The molecule has 0 aromatic heterocycles. The van der Waals surface area contributed by atoms with Crippen LogP contribution in [0.4, 0.5) is 5.69 Å². The number of likely N-dealkylation sites (tertiary alicyclic amines) is 1. The Kier molecular flexibility index (Phi) is 8.03. The number of fused-ring (bicyclic) bond motifs is 1. The molecule has 0 bridgehead atoms. The predicted octanol–water partition coefficient (Wildman–Crippen LogP) is 3.44. The maximum Gasteiger partial charge on any atom is 0.328 e. The summed E-state index contributed by atoms with van der Waals surface area (Å²) in [6.07, 6.45) is 4.99. The molecule has 1 fully saturated rings. The minimum absolute atomic E-state index is 0.0251. The van der Waals surface area contributed by atoms with Gasteiger partial charge in [0.1, 0.15) is 11.9 Å². The summed E-state index contributed by atoms with van der Waals surface area (Å²) in [7, 11) is 0. The third-order valence-electron chi connectivity index (χ3n) is 6.96. The average molecular weight is 491 g/mol. The number of benzene rings is 2. The Balaban J connectivity index is 1.45. The molecule has 4 rings (SSSR count). The van der Waals surface area contributed by atoms with Crippen LogP contribution in [0.5, 0.6) is 0 Å². The zero-order valence-corrected chi connectivity index (χ0v) is 20.8. The van der Waals surface area contributed by atoms with E-state index in [4.69, 9.17) is 15.9 Å². The largest absolute Gasteiger partial charge is 0.464 e. The van der Waals surface area contributed by atoms with Gasteiger partial charge in [0.05, 0.1) is 6.61 Å². The van der Waals surface area contributed by atoms with Crippen molar-refractivity contribution in [2.75, 3.05) is 24.6 Å². The Hall–Kier alpha value is -3.68. The average Bonchev–Trinajstić information content (AvgIpc) is 2.91. The number of rotatable bonds is 7. The summed E-state index contributed by atoms with van der Waals surface area (Å²) in [5, 5.41) is 7.50. The number of amides is 2. The number of carbonyl (C=O) groups is 3.